The maximum atomic E-state index is 13.1. The molecule has 2 heterocycles. The highest BCUT2D eigenvalue weighted by Crippen LogP contribution is 2.37. The lowest BCUT2D eigenvalue weighted by molar-refractivity contribution is 0.0614. The van der Waals surface area contributed by atoms with Gasteiger partial charge in [-0.3, -0.25) is 4.79 Å². The van der Waals surface area contributed by atoms with E-state index in [9.17, 15) is 4.79 Å². The van der Waals surface area contributed by atoms with E-state index in [2.05, 4.69) is 10.1 Å². The molecule has 138 valence electrons. The molecule has 1 aliphatic heterocycles. The molecule has 1 aromatic heterocycles. The predicted octanol–water partition coefficient (Wildman–Crippen LogP) is 4.54. The number of carbonyl (C=O) groups excluding carboxylic acids is 1. The molecule has 5 nitrogen and oxygen atoms in total. The van der Waals surface area contributed by atoms with Crippen LogP contribution in [0.2, 0.25) is 10.0 Å². The first-order valence-electron chi connectivity index (χ1n) is 9.31. The molecule has 0 spiro atoms. The minimum Gasteiger partial charge on any atom is -0.333 e. The molecule has 1 atom stereocenters. The van der Waals surface area contributed by atoms with Crippen molar-refractivity contribution in [3.05, 3.63) is 39.9 Å². The monoisotopic (exact) mass is 392 g/mol. The zero-order valence-electron chi connectivity index (χ0n) is 14.8. The van der Waals surface area contributed by atoms with E-state index < -0.39 is 0 Å². The van der Waals surface area contributed by atoms with Gasteiger partial charge in [0.25, 0.3) is 5.91 Å². The van der Waals surface area contributed by atoms with Crippen LogP contribution in [-0.4, -0.2) is 38.2 Å². The van der Waals surface area contributed by atoms with Gasteiger partial charge in [-0.05, 0) is 43.7 Å². The number of halogens is 2. The number of nitrogens with zero attached hydrogens (tertiary/aromatic N) is 4. The van der Waals surface area contributed by atoms with Crippen molar-refractivity contribution < 1.29 is 4.79 Å². The Labute approximate surface area is 163 Å². The van der Waals surface area contributed by atoms with Crippen LogP contribution < -0.4 is 0 Å². The number of para-hydroxylation sites is 1. The first-order chi connectivity index (χ1) is 12.6. The Morgan fingerprint density at radius 2 is 1.92 bits per heavy atom. The fourth-order valence-electron chi connectivity index (χ4n) is 4.02. The van der Waals surface area contributed by atoms with Crippen LogP contribution in [0.5, 0.6) is 0 Å². The molecular weight excluding hydrogens is 371 g/mol. The van der Waals surface area contributed by atoms with Crippen molar-refractivity contribution >= 4 is 29.1 Å². The molecule has 1 saturated carbocycles. The van der Waals surface area contributed by atoms with E-state index in [1.54, 1.807) is 22.9 Å². The molecule has 2 aliphatic rings. The van der Waals surface area contributed by atoms with Gasteiger partial charge in [-0.25, -0.2) is 9.67 Å². The number of hydrogen-bond acceptors (Lipinski definition) is 3. The third kappa shape index (κ3) is 3.01. The summed E-state index contributed by atoms with van der Waals surface area (Å²) < 4.78 is 1.62. The molecule has 1 amide bonds. The number of carbonyl (C=O) groups is 1. The number of rotatable bonds is 4. The van der Waals surface area contributed by atoms with Crippen LogP contribution in [0.25, 0.3) is 5.69 Å². The van der Waals surface area contributed by atoms with E-state index in [-0.39, 0.29) is 11.7 Å². The summed E-state index contributed by atoms with van der Waals surface area (Å²) in [6, 6.07) is 5.66. The van der Waals surface area contributed by atoms with Gasteiger partial charge in [-0.1, -0.05) is 42.6 Å². The molecular formula is C19H22Cl2N4O. The molecule has 0 N–H and O–H groups in total. The summed E-state index contributed by atoms with van der Waals surface area (Å²) >= 11 is 12.7. The van der Waals surface area contributed by atoms with Crippen molar-refractivity contribution in [3.8, 4) is 5.69 Å². The van der Waals surface area contributed by atoms with Crippen LogP contribution in [0.3, 0.4) is 0 Å². The average Bonchev–Trinajstić information content (AvgIpc) is 3.20. The highest BCUT2D eigenvalue weighted by Gasteiger charge is 2.38. The fraction of sp³-hybridized carbons (Fsp3) is 0.526. The van der Waals surface area contributed by atoms with Crippen molar-refractivity contribution in [3.63, 3.8) is 0 Å². The Morgan fingerprint density at radius 1 is 1.19 bits per heavy atom. The molecule has 1 saturated heterocycles. The van der Waals surface area contributed by atoms with Gasteiger partial charge in [0, 0.05) is 19.0 Å². The quantitative estimate of drug-likeness (QED) is 0.766. The SMILES string of the molecule is CCc1nc(C(=O)N2CCCC2C2CCC2)nn1-c1c(Cl)cccc1Cl. The van der Waals surface area contributed by atoms with E-state index in [4.69, 9.17) is 23.2 Å². The third-order valence-corrected chi connectivity index (χ3v) is 6.20. The summed E-state index contributed by atoms with van der Waals surface area (Å²) in [5.41, 5.74) is 0.580. The standard InChI is InChI=1S/C19H22Cl2N4O/c1-2-16-22-18(23-25(16)17-13(20)8-4-9-14(17)21)19(26)24-11-5-10-15(24)12-6-3-7-12/h4,8-9,12,15H,2-3,5-7,10-11H2,1H3. The number of amides is 1. The smallest absolute Gasteiger partial charge is 0.293 e. The fourth-order valence-corrected chi connectivity index (χ4v) is 4.58. The highest BCUT2D eigenvalue weighted by molar-refractivity contribution is 6.37. The maximum Gasteiger partial charge on any atom is 0.293 e. The second-order valence-corrected chi connectivity index (χ2v) is 7.90. The van der Waals surface area contributed by atoms with E-state index in [0.29, 0.717) is 39.9 Å². The van der Waals surface area contributed by atoms with Gasteiger partial charge >= 0.3 is 0 Å². The molecule has 1 aromatic carbocycles. The second-order valence-electron chi connectivity index (χ2n) is 7.09. The number of benzene rings is 1. The Bertz CT molecular complexity index is 811. The Kier molecular flexibility index (Phi) is 4.93. The van der Waals surface area contributed by atoms with Gasteiger partial charge < -0.3 is 4.90 Å². The predicted molar refractivity (Wildman–Crippen MR) is 102 cm³/mol. The third-order valence-electron chi connectivity index (χ3n) is 5.59. The van der Waals surface area contributed by atoms with Crippen LogP contribution in [-0.2, 0) is 6.42 Å². The van der Waals surface area contributed by atoms with Crippen molar-refractivity contribution in [1.82, 2.24) is 19.7 Å². The number of aromatic nitrogens is 3. The molecule has 0 bridgehead atoms. The van der Waals surface area contributed by atoms with E-state index in [1.807, 2.05) is 11.8 Å². The van der Waals surface area contributed by atoms with Gasteiger partial charge in [0.1, 0.15) is 11.5 Å². The van der Waals surface area contributed by atoms with E-state index in [0.717, 1.165) is 19.4 Å². The van der Waals surface area contributed by atoms with Crippen molar-refractivity contribution in [2.75, 3.05) is 6.54 Å². The van der Waals surface area contributed by atoms with E-state index in [1.165, 1.54) is 19.3 Å². The molecule has 0 radical (unpaired) electrons. The van der Waals surface area contributed by atoms with Gasteiger partial charge in [0.2, 0.25) is 5.82 Å². The highest BCUT2D eigenvalue weighted by atomic mass is 35.5. The minimum atomic E-state index is -0.0731. The topological polar surface area (TPSA) is 51.0 Å². The van der Waals surface area contributed by atoms with E-state index >= 15 is 0 Å². The molecule has 26 heavy (non-hydrogen) atoms. The lowest BCUT2D eigenvalue weighted by Gasteiger charge is -2.36. The normalized spacial score (nSPS) is 20.4. The zero-order chi connectivity index (χ0) is 18.3. The summed E-state index contributed by atoms with van der Waals surface area (Å²) in [5.74, 6) is 1.50. The van der Waals surface area contributed by atoms with Crippen LogP contribution in [0.15, 0.2) is 18.2 Å². The molecule has 1 unspecified atom stereocenters. The average molecular weight is 393 g/mol. The number of likely N-dealkylation sites (tertiary alicyclic amines) is 1. The number of aryl methyl sites for hydroxylation is 1. The van der Waals surface area contributed by atoms with Gasteiger partial charge in [0.15, 0.2) is 0 Å². The Balaban J connectivity index is 1.67. The molecule has 2 fully saturated rings. The van der Waals surface area contributed by atoms with Gasteiger partial charge in [-0.2, -0.15) is 0 Å². The zero-order valence-corrected chi connectivity index (χ0v) is 16.3. The molecule has 7 heteroatoms. The van der Waals surface area contributed by atoms with Crippen LogP contribution >= 0.6 is 23.2 Å². The lowest BCUT2D eigenvalue weighted by Crippen LogP contribution is -2.42. The summed E-state index contributed by atoms with van der Waals surface area (Å²) in [6.45, 7) is 2.77. The lowest BCUT2D eigenvalue weighted by atomic mass is 9.79. The minimum absolute atomic E-state index is 0.0731. The Morgan fingerprint density at radius 3 is 2.54 bits per heavy atom. The van der Waals surface area contributed by atoms with Crippen LogP contribution in [0.4, 0.5) is 0 Å². The van der Waals surface area contributed by atoms with Gasteiger partial charge in [0.05, 0.1) is 10.0 Å². The maximum absolute atomic E-state index is 13.1. The second kappa shape index (κ2) is 7.20. The summed E-state index contributed by atoms with van der Waals surface area (Å²) in [7, 11) is 0. The molecule has 1 aliphatic carbocycles. The van der Waals surface area contributed by atoms with Crippen molar-refractivity contribution in [1.29, 1.82) is 0 Å². The molecule has 2 aromatic rings. The van der Waals surface area contributed by atoms with Crippen molar-refractivity contribution in [2.45, 2.75) is 51.5 Å². The Hall–Kier alpha value is -1.59. The van der Waals surface area contributed by atoms with Crippen molar-refractivity contribution in [2.24, 2.45) is 5.92 Å². The first kappa shape index (κ1) is 17.8. The summed E-state index contributed by atoms with van der Waals surface area (Å²) in [4.78, 5) is 19.6. The summed E-state index contributed by atoms with van der Waals surface area (Å²) in [5, 5.41) is 5.48. The van der Waals surface area contributed by atoms with Crippen LogP contribution in [0, 0.1) is 5.92 Å². The summed E-state index contributed by atoms with van der Waals surface area (Å²) in [6.07, 6.45) is 6.52. The van der Waals surface area contributed by atoms with Crippen LogP contribution in [0.1, 0.15) is 55.5 Å². The van der Waals surface area contributed by atoms with Gasteiger partial charge in [-0.15, -0.1) is 5.10 Å². The largest absolute Gasteiger partial charge is 0.333 e. The number of hydrogen-bond donors (Lipinski definition) is 0. The molecule has 4 rings (SSSR count). The first-order valence-corrected chi connectivity index (χ1v) is 10.1.